The Morgan fingerprint density at radius 2 is 1.95 bits per heavy atom. The molecule has 2 atom stereocenters. The number of nitrogens with one attached hydrogen (secondary N) is 2. The minimum atomic E-state index is -0.785. The van der Waals surface area contributed by atoms with E-state index in [0.29, 0.717) is 5.82 Å². The number of rotatable bonds is 4. The minimum absolute atomic E-state index is 0.405. The molecule has 21 heavy (non-hydrogen) atoms. The van der Waals surface area contributed by atoms with Crippen molar-refractivity contribution < 1.29 is 9.90 Å². The molecule has 1 aromatic heterocycles. The number of aliphatic hydroxyl groups excluding tert-OH is 1. The summed E-state index contributed by atoms with van der Waals surface area (Å²) in [5.41, 5.74) is 0.740. The predicted molar refractivity (Wildman–Crippen MR) is 85.0 cm³/mol. The van der Waals surface area contributed by atoms with Crippen molar-refractivity contribution in [2.45, 2.75) is 19.1 Å². The zero-order valence-corrected chi connectivity index (χ0v) is 13.0. The number of aromatic nitrogens is 1. The maximum Gasteiger partial charge on any atom is 0.320 e. The maximum absolute atomic E-state index is 11.8. The first-order valence-corrected chi connectivity index (χ1v) is 7.27. The van der Waals surface area contributed by atoms with Gasteiger partial charge in [-0.1, -0.05) is 34.1 Å². The van der Waals surface area contributed by atoms with Crippen LogP contribution < -0.4 is 10.6 Å². The van der Waals surface area contributed by atoms with E-state index in [9.17, 15) is 9.90 Å². The molecular formula is C15H16BrN3O2. The highest BCUT2D eigenvalue weighted by molar-refractivity contribution is 9.10. The molecule has 2 aromatic rings. The summed E-state index contributed by atoms with van der Waals surface area (Å²) in [7, 11) is 0. The van der Waals surface area contributed by atoms with Crippen molar-refractivity contribution in [2.75, 3.05) is 5.32 Å². The fourth-order valence-electron chi connectivity index (χ4n) is 1.82. The van der Waals surface area contributed by atoms with E-state index in [1.165, 1.54) is 0 Å². The van der Waals surface area contributed by atoms with Gasteiger partial charge in [0, 0.05) is 10.7 Å². The van der Waals surface area contributed by atoms with Crippen LogP contribution in [0.2, 0.25) is 0 Å². The van der Waals surface area contributed by atoms with E-state index in [1.54, 1.807) is 31.3 Å². The number of hydrogen-bond acceptors (Lipinski definition) is 3. The van der Waals surface area contributed by atoms with Crippen molar-refractivity contribution in [1.82, 2.24) is 10.3 Å². The van der Waals surface area contributed by atoms with Gasteiger partial charge in [0.05, 0.1) is 12.1 Å². The minimum Gasteiger partial charge on any atom is -0.386 e. The number of anilines is 1. The van der Waals surface area contributed by atoms with Crippen LogP contribution in [-0.4, -0.2) is 22.2 Å². The highest BCUT2D eigenvalue weighted by Gasteiger charge is 2.18. The molecule has 0 radical (unpaired) electrons. The van der Waals surface area contributed by atoms with Gasteiger partial charge in [0.2, 0.25) is 0 Å². The van der Waals surface area contributed by atoms with Crippen LogP contribution in [0.4, 0.5) is 10.6 Å². The van der Waals surface area contributed by atoms with Crippen LogP contribution in [-0.2, 0) is 0 Å². The van der Waals surface area contributed by atoms with E-state index >= 15 is 0 Å². The Balaban J connectivity index is 1.92. The molecule has 0 unspecified atom stereocenters. The number of carbonyl (C=O) groups excluding carboxylic acids is 1. The highest BCUT2D eigenvalue weighted by Crippen LogP contribution is 2.19. The molecule has 1 heterocycles. The van der Waals surface area contributed by atoms with Crippen molar-refractivity contribution >= 4 is 27.8 Å². The Labute approximate surface area is 131 Å². The first-order valence-electron chi connectivity index (χ1n) is 6.48. The molecule has 0 fully saturated rings. The lowest BCUT2D eigenvalue weighted by atomic mass is 10.0. The summed E-state index contributed by atoms with van der Waals surface area (Å²) >= 11 is 3.34. The molecule has 0 bridgehead atoms. The van der Waals surface area contributed by atoms with E-state index in [2.05, 4.69) is 31.5 Å². The molecule has 0 aliphatic carbocycles. The third kappa shape index (κ3) is 4.54. The summed E-state index contributed by atoms with van der Waals surface area (Å²) in [5.74, 6) is 0.459. The van der Waals surface area contributed by atoms with Gasteiger partial charge in [-0.3, -0.25) is 5.32 Å². The molecule has 0 aliphatic heterocycles. The third-order valence-corrected chi connectivity index (χ3v) is 3.48. The Kier molecular flexibility index (Phi) is 5.30. The summed E-state index contributed by atoms with van der Waals surface area (Å²) in [6, 6.07) is 11.7. The molecule has 1 aromatic carbocycles. The molecule has 0 saturated carbocycles. The van der Waals surface area contributed by atoms with Crippen LogP contribution in [0.5, 0.6) is 0 Å². The van der Waals surface area contributed by atoms with Gasteiger partial charge in [0.1, 0.15) is 5.82 Å². The van der Waals surface area contributed by atoms with Crippen LogP contribution in [0.1, 0.15) is 18.6 Å². The molecule has 0 spiro atoms. The van der Waals surface area contributed by atoms with Crippen molar-refractivity contribution in [2.24, 2.45) is 0 Å². The fourth-order valence-corrected chi connectivity index (χ4v) is 2.09. The number of aliphatic hydroxyl groups is 1. The fraction of sp³-hybridized carbons (Fsp3) is 0.200. The molecule has 0 saturated heterocycles. The van der Waals surface area contributed by atoms with E-state index in [1.807, 2.05) is 24.3 Å². The van der Waals surface area contributed by atoms with Crippen molar-refractivity contribution in [3.63, 3.8) is 0 Å². The Morgan fingerprint density at radius 1 is 1.24 bits per heavy atom. The van der Waals surface area contributed by atoms with Crippen LogP contribution in [0.25, 0.3) is 0 Å². The zero-order chi connectivity index (χ0) is 15.2. The largest absolute Gasteiger partial charge is 0.386 e. The van der Waals surface area contributed by atoms with Crippen LogP contribution in [0.3, 0.4) is 0 Å². The SMILES string of the molecule is C[C@H](NC(=O)Nc1ccccn1)[C@@H](O)c1ccc(Br)cc1. The number of pyridine rings is 1. The molecule has 5 nitrogen and oxygen atoms in total. The van der Waals surface area contributed by atoms with Crippen LogP contribution in [0, 0.1) is 0 Å². The highest BCUT2D eigenvalue weighted by atomic mass is 79.9. The van der Waals surface area contributed by atoms with Gasteiger partial charge < -0.3 is 10.4 Å². The number of amides is 2. The predicted octanol–water partition coefficient (Wildman–Crippen LogP) is 3.09. The van der Waals surface area contributed by atoms with Crippen molar-refractivity contribution in [3.8, 4) is 0 Å². The summed E-state index contributed by atoms with van der Waals surface area (Å²) < 4.78 is 0.937. The second kappa shape index (κ2) is 7.19. The van der Waals surface area contributed by atoms with E-state index in [0.717, 1.165) is 10.0 Å². The van der Waals surface area contributed by atoms with E-state index in [-0.39, 0.29) is 0 Å². The van der Waals surface area contributed by atoms with Gasteiger partial charge in [0.15, 0.2) is 0 Å². The normalized spacial score (nSPS) is 13.3. The topological polar surface area (TPSA) is 74.2 Å². The van der Waals surface area contributed by atoms with Gasteiger partial charge in [0.25, 0.3) is 0 Å². The number of hydrogen-bond donors (Lipinski definition) is 3. The van der Waals surface area contributed by atoms with Gasteiger partial charge in [-0.25, -0.2) is 9.78 Å². The molecule has 0 aliphatic rings. The third-order valence-electron chi connectivity index (χ3n) is 2.95. The van der Waals surface area contributed by atoms with Gasteiger partial charge in [-0.05, 0) is 36.8 Å². The quantitative estimate of drug-likeness (QED) is 0.793. The number of benzene rings is 1. The summed E-state index contributed by atoms with van der Waals surface area (Å²) in [5, 5.41) is 15.5. The first kappa shape index (κ1) is 15.5. The number of nitrogens with zero attached hydrogens (tertiary/aromatic N) is 1. The lowest BCUT2D eigenvalue weighted by molar-refractivity contribution is 0.139. The monoisotopic (exact) mass is 349 g/mol. The standard InChI is InChI=1S/C15H16BrN3O2/c1-10(14(20)11-5-7-12(16)8-6-11)18-15(21)19-13-4-2-3-9-17-13/h2-10,14,20H,1H3,(H2,17,18,19,21)/t10-,14+/m0/s1. The maximum atomic E-state index is 11.8. The van der Waals surface area contributed by atoms with Gasteiger partial charge >= 0.3 is 6.03 Å². The van der Waals surface area contributed by atoms with Gasteiger partial charge in [-0.2, -0.15) is 0 Å². The lowest BCUT2D eigenvalue weighted by Crippen LogP contribution is -2.39. The molecule has 110 valence electrons. The summed E-state index contributed by atoms with van der Waals surface area (Å²) in [4.78, 5) is 15.8. The number of urea groups is 1. The average molecular weight is 350 g/mol. The zero-order valence-electron chi connectivity index (χ0n) is 11.5. The molecule has 3 N–H and O–H groups in total. The van der Waals surface area contributed by atoms with Gasteiger partial charge in [-0.15, -0.1) is 0 Å². The van der Waals surface area contributed by atoms with E-state index in [4.69, 9.17) is 0 Å². The molecular weight excluding hydrogens is 334 g/mol. The van der Waals surface area contributed by atoms with E-state index < -0.39 is 18.2 Å². The molecule has 2 amide bonds. The lowest BCUT2D eigenvalue weighted by Gasteiger charge is -2.20. The first-order chi connectivity index (χ1) is 10.1. The van der Waals surface area contributed by atoms with Crippen LogP contribution in [0.15, 0.2) is 53.1 Å². The average Bonchev–Trinajstić information content (AvgIpc) is 2.48. The molecule has 6 heteroatoms. The number of halogens is 1. The Hall–Kier alpha value is -1.92. The second-order valence-electron chi connectivity index (χ2n) is 4.60. The van der Waals surface area contributed by atoms with Crippen molar-refractivity contribution in [3.05, 3.63) is 58.7 Å². The van der Waals surface area contributed by atoms with Crippen LogP contribution >= 0.6 is 15.9 Å². The summed E-state index contributed by atoms with van der Waals surface area (Å²) in [6.45, 7) is 1.74. The smallest absolute Gasteiger partial charge is 0.320 e. The summed E-state index contributed by atoms with van der Waals surface area (Å²) in [6.07, 6.45) is 0.808. The Morgan fingerprint density at radius 3 is 2.57 bits per heavy atom. The second-order valence-corrected chi connectivity index (χ2v) is 5.51. The number of carbonyl (C=O) groups is 1. The van der Waals surface area contributed by atoms with Crippen molar-refractivity contribution in [1.29, 1.82) is 0 Å². The molecule has 2 rings (SSSR count). The Bertz CT molecular complexity index is 590.